The van der Waals surface area contributed by atoms with Gasteiger partial charge in [-0.05, 0) is 30.4 Å². The van der Waals surface area contributed by atoms with Crippen molar-refractivity contribution in [3.8, 4) is 0 Å². The summed E-state index contributed by atoms with van der Waals surface area (Å²) >= 11 is 3.73. The van der Waals surface area contributed by atoms with Gasteiger partial charge in [0.05, 0.1) is 36.6 Å². The first-order valence-electron chi connectivity index (χ1n) is 16.5. The lowest BCUT2D eigenvalue weighted by Gasteiger charge is -2.39. The molecule has 1 spiro atoms. The molecule has 5 rings (SSSR count). The maximum absolute atomic E-state index is 14.7. The number of carbonyl (C=O) groups is 4. The van der Waals surface area contributed by atoms with Crippen molar-refractivity contribution in [3.63, 3.8) is 0 Å². The van der Waals surface area contributed by atoms with Crippen LogP contribution in [0, 0.1) is 11.8 Å². The zero-order valence-corrected chi connectivity index (χ0v) is 28.8. The number of aliphatic hydroxyl groups is 1. The highest BCUT2D eigenvalue weighted by atomic mass is 79.9. The molecule has 0 aliphatic carbocycles. The van der Waals surface area contributed by atoms with Gasteiger partial charge in [0.25, 0.3) is 0 Å². The average molecular weight is 723 g/mol. The Morgan fingerprint density at radius 3 is 2.46 bits per heavy atom. The lowest BCUT2D eigenvalue weighted by atomic mass is 9.70. The number of esters is 1. The van der Waals surface area contributed by atoms with Crippen LogP contribution in [-0.2, 0) is 35.2 Å². The van der Waals surface area contributed by atoms with Gasteiger partial charge in [0.1, 0.15) is 18.2 Å². The number of ether oxygens (including phenoxy) is 2. The fourth-order valence-corrected chi connectivity index (χ4v) is 8.40. The molecule has 48 heavy (non-hydrogen) atoms. The molecule has 3 fully saturated rings. The highest BCUT2D eigenvalue weighted by molar-refractivity contribution is 9.09. The third-order valence-corrected chi connectivity index (χ3v) is 10.5. The minimum Gasteiger partial charge on any atom is -0.463 e. The zero-order valence-electron chi connectivity index (χ0n) is 27.2. The van der Waals surface area contributed by atoms with Gasteiger partial charge < -0.3 is 29.7 Å². The van der Waals surface area contributed by atoms with E-state index in [9.17, 15) is 24.3 Å². The SMILES string of the molecule is C=CCCC(=O)OC[C@@H](NC(=O)[C@@H]1[C@H]2O[C@@]3(CC2Br)[C@H](C(=O)N(CC=C)Cc2ccccc2)N([C@@H](CC)CO)C(=O)[C@@H]13)c1ccccc1. The van der Waals surface area contributed by atoms with Gasteiger partial charge >= 0.3 is 5.97 Å². The Morgan fingerprint density at radius 2 is 1.83 bits per heavy atom. The summed E-state index contributed by atoms with van der Waals surface area (Å²) in [6, 6.07) is 16.3. The largest absolute Gasteiger partial charge is 0.463 e. The Morgan fingerprint density at radius 1 is 1.15 bits per heavy atom. The summed E-state index contributed by atoms with van der Waals surface area (Å²) in [5.41, 5.74) is 0.347. The first kappa shape index (κ1) is 35.5. The molecule has 3 aliphatic rings. The number of hydrogen-bond acceptors (Lipinski definition) is 7. The molecule has 0 radical (unpaired) electrons. The second-order valence-corrected chi connectivity index (χ2v) is 13.8. The summed E-state index contributed by atoms with van der Waals surface area (Å²) < 4.78 is 12.2. The Kier molecular flexibility index (Phi) is 11.5. The third kappa shape index (κ3) is 6.86. The molecule has 0 aromatic heterocycles. The monoisotopic (exact) mass is 721 g/mol. The highest BCUT2D eigenvalue weighted by Gasteiger charge is 2.77. The van der Waals surface area contributed by atoms with Crippen molar-refractivity contribution in [2.45, 2.75) is 73.8 Å². The van der Waals surface area contributed by atoms with Crippen LogP contribution in [0.5, 0.6) is 0 Å². The van der Waals surface area contributed by atoms with Gasteiger partial charge in [0, 0.05) is 24.3 Å². The summed E-state index contributed by atoms with van der Waals surface area (Å²) in [6.45, 7) is 9.43. The van der Waals surface area contributed by atoms with Crippen molar-refractivity contribution >= 4 is 39.6 Å². The smallest absolute Gasteiger partial charge is 0.306 e. The molecular weight excluding hydrogens is 678 g/mol. The van der Waals surface area contributed by atoms with E-state index < -0.39 is 53.5 Å². The molecule has 256 valence electrons. The fraction of sp³-hybridized carbons (Fsp3) is 0.459. The number of benzene rings is 2. The molecule has 2 aromatic rings. The number of fused-ring (bicyclic) bond motifs is 1. The normalized spacial score (nSPS) is 26.8. The van der Waals surface area contributed by atoms with Crippen LogP contribution < -0.4 is 5.32 Å². The van der Waals surface area contributed by atoms with Crippen molar-refractivity contribution in [2.24, 2.45) is 11.8 Å². The first-order chi connectivity index (χ1) is 23.2. The van der Waals surface area contributed by atoms with E-state index in [1.807, 2.05) is 67.6 Å². The number of hydrogen-bond donors (Lipinski definition) is 2. The van der Waals surface area contributed by atoms with Gasteiger partial charge in [0.2, 0.25) is 17.7 Å². The Hall–Kier alpha value is -3.80. The van der Waals surface area contributed by atoms with Crippen LogP contribution >= 0.6 is 15.9 Å². The van der Waals surface area contributed by atoms with E-state index >= 15 is 0 Å². The third-order valence-electron chi connectivity index (χ3n) is 9.70. The number of allylic oxidation sites excluding steroid dienone is 1. The molecule has 0 saturated carbocycles. The number of carbonyl (C=O) groups excluding carboxylic acids is 4. The van der Waals surface area contributed by atoms with E-state index in [0.29, 0.717) is 19.3 Å². The fourth-order valence-electron chi connectivity index (χ4n) is 7.46. The molecular formula is C37H44BrN3O7. The van der Waals surface area contributed by atoms with E-state index in [4.69, 9.17) is 9.47 Å². The van der Waals surface area contributed by atoms with Crippen molar-refractivity contribution in [2.75, 3.05) is 19.8 Å². The molecule has 3 heterocycles. The number of amides is 3. The van der Waals surface area contributed by atoms with E-state index in [2.05, 4.69) is 34.4 Å². The predicted molar refractivity (Wildman–Crippen MR) is 183 cm³/mol. The summed E-state index contributed by atoms with van der Waals surface area (Å²) in [4.78, 5) is 58.8. The molecule has 3 amide bonds. The number of rotatable bonds is 16. The van der Waals surface area contributed by atoms with Gasteiger partial charge in [0.15, 0.2) is 0 Å². The van der Waals surface area contributed by atoms with Crippen LogP contribution in [0.4, 0.5) is 0 Å². The maximum Gasteiger partial charge on any atom is 0.306 e. The van der Waals surface area contributed by atoms with Gasteiger partial charge in [-0.2, -0.15) is 0 Å². The van der Waals surface area contributed by atoms with Crippen LogP contribution in [-0.4, -0.2) is 87.0 Å². The van der Waals surface area contributed by atoms with Gasteiger partial charge in [-0.25, -0.2) is 0 Å². The maximum atomic E-state index is 14.7. The summed E-state index contributed by atoms with van der Waals surface area (Å²) in [5, 5.41) is 13.5. The second-order valence-electron chi connectivity index (χ2n) is 12.6. The molecule has 1 unspecified atom stereocenters. The Balaban J connectivity index is 1.48. The average Bonchev–Trinajstić information content (AvgIpc) is 3.70. The molecule has 8 atom stereocenters. The van der Waals surface area contributed by atoms with Crippen LogP contribution in [0.25, 0.3) is 0 Å². The van der Waals surface area contributed by atoms with Crippen LogP contribution in [0.1, 0.15) is 49.8 Å². The van der Waals surface area contributed by atoms with Crippen molar-refractivity contribution < 1.29 is 33.8 Å². The second kappa shape index (κ2) is 15.6. The standard InChI is InChI=1S/C37H44BrN3O7/c1-4-7-18-29(43)47-23-28(25-16-12-9-13-17-25)39-34(44)30-31-35(45)41(26(6-3)22-42)33(37(31)20-27(38)32(30)48-37)36(46)40(19-5-2)21-24-14-10-8-11-15-24/h4-5,8-17,26-28,30-33,42H,1-2,6-7,18-23H2,3H3,(H,39,44)/t26-,27?,28+,30-,31+,32-,33-,37+/m0/s1. The van der Waals surface area contributed by atoms with Gasteiger partial charge in [-0.15, -0.1) is 13.2 Å². The van der Waals surface area contributed by atoms with Crippen molar-refractivity contribution in [1.29, 1.82) is 0 Å². The number of aliphatic hydroxyl groups excluding tert-OH is 1. The lowest BCUT2D eigenvalue weighted by Crippen LogP contribution is -2.58. The van der Waals surface area contributed by atoms with Gasteiger partial charge in [-0.1, -0.05) is 95.7 Å². The van der Waals surface area contributed by atoms with E-state index in [1.54, 1.807) is 17.1 Å². The summed E-state index contributed by atoms with van der Waals surface area (Å²) in [5.74, 6) is -3.45. The zero-order chi connectivity index (χ0) is 34.4. The number of nitrogens with zero attached hydrogens (tertiary/aromatic N) is 2. The molecule has 3 saturated heterocycles. The molecule has 2 bridgehead atoms. The van der Waals surface area contributed by atoms with Gasteiger partial charge in [-0.3, -0.25) is 19.2 Å². The quantitative estimate of drug-likeness (QED) is 0.152. The number of halogens is 1. The predicted octanol–water partition coefficient (Wildman–Crippen LogP) is 4.09. The molecule has 3 aliphatic heterocycles. The van der Waals surface area contributed by atoms with E-state index in [1.165, 1.54) is 4.90 Å². The van der Waals surface area contributed by atoms with Crippen molar-refractivity contribution in [1.82, 2.24) is 15.1 Å². The number of nitrogens with one attached hydrogen (secondary N) is 1. The topological polar surface area (TPSA) is 125 Å². The van der Waals surface area contributed by atoms with E-state index in [0.717, 1.165) is 11.1 Å². The highest BCUT2D eigenvalue weighted by Crippen LogP contribution is 2.60. The Bertz CT molecular complexity index is 1490. The minimum absolute atomic E-state index is 0.100. The molecule has 2 N–H and O–H groups in total. The molecule has 2 aromatic carbocycles. The van der Waals surface area contributed by atoms with E-state index in [-0.39, 0.29) is 49.4 Å². The summed E-state index contributed by atoms with van der Waals surface area (Å²) in [6.07, 6.45) is 3.98. The van der Waals surface area contributed by atoms with Crippen LogP contribution in [0.2, 0.25) is 0 Å². The molecule has 10 nitrogen and oxygen atoms in total. The Labute approximate surface area is 290 Å². The lowest BCUT2D eigenvalue weighted by molar-refractivity contribution is -0.151. The number of likely N-dealkylation sites (tertiary alicyclic amines) is 1. The van der Waals surface area contributed by atoms with Crippen LogP contribution in [0.3, 0.4) is 0 Å². The van der Waals surface area contributed by atoms with Crippen LogP contribution in [0.15, 0.2) is 86.0 Å². The minimum atomic E-state index is -1.30. The first-order valence-corrected chi connectivity index (χ1v) is 17.4. The number of alkyl halides is 1. The van der Waals surface area contributed by atoms with Crippen molar-refractivity contribution in [3.05, 3.63) is 97.1 Å². The molecule has 11 heteroatoms. The summed E-state index contributed by atoms with van der Waals surface area (Å²) in [7, 11) is 0.